The van der Waals surface area contributed by atoms with Gasteiger partial charge < -0.3 is 10.6 Å². The van der Waals surface area contributed by atoms with Crippen molar-refractivity contribution in [3.8, 4) is 0 Å². The van der Waals surface area contributed by atoms with Crippen molar-refractivity contribution in [3.05, 3.63) is 59.7 Å². The molecule has 0 aliphatic rings. The first kappa shape index (κ1) is 16.9. The fourth-order valence-electron chi connectivity index (χ4n) is 2.04. The highest BCUT2D eigenvalue weighted by Crippen LogP contribution is 2.29. The van der Waals surface area contributed by atoms with Crippen LogP contribution in [-0.2, 0) is 11.0 Å². The highest BCUT2D eigenvalue weighted by molar-refractivity contribution is 5.91. The second-order valence-electron chi connectivity index (χ2n) is 5.17. The van der Waals surface area contributed by atoms with Gasteiger partial charge in [0.25, 0.3) is 0 Å². The van der Waals surface area contributed by atoms with Crippen molar-refractivity contribution in [1.29, 1.82) is 0 Å². The SMILES string of the molecule is Cc1cccc(NC(=O)CCNc2ccc(C(F)(F)F)cc2)c1. The summed E-state index contributed by atoms with van der Waals surface area (Å²) < 4.78 is 37.3. The van der Waals surface area contributed by atoms with Gasteiger partial charge in [-0.15, -0.1) is 0 Å². The fourth-order valence-corrected chi connectivity index (χ4v) is 2.04. The Balaban J connectivity index is 1.79. The Hall–Kier alpha value is -2.50. The van der Waals surface area contributed by atoms with Gasteiger partial charge in [0.1, 0.15) is 0 Å². The lowest BCUT2D eigenvalue weighted by Gasteiger charge is -2.10. The van der Waals surface area contributed by atoms with Crippen molar-refractivity contribution >= 4 is 17.3 Å². The van der Waals surface area contributed by atoms with E-state index in [1.54, 1.807) is 6.07 Å². The molecule has 0 unspecified atom stereocenters. The van der Waals surface area contributed by atoms with Gasteiger partial charge in [-0.25, -0.2) is 0 Å². The Morgan fingerprint density at radius 1 is 1.04 bits per heavy atom. The lowest BCUT2D eigenvalue weighted by molar-refractivity contribution is -0.137. The first-order valence-corrected chi connectivity index (χ1v) is 7.12. The fraction of sp³-hybridized carbons (Fsp3) is 0.235. The molecule has 0 radical (unpaired) electrons. The second kappa shape index (κ2) is 7.17. The molecule has 0 aromatic heterocycles. The van der Waals surface area contributed by atoms with Gasteiger partial charge in [-0.2, -0.15) is 13.2 Å². The van der Waals surface area contributed by atoms with Crippen molar-refractivity contribution in [1.82, 2.24) is 0 Å². The molecule has 23 heavy (non-hydrogen) atoms. The number of hydrogen-bond acceptors (Lipinski definition) is 2. The highest BCUT2D eigenvalue weighted by Gasteiger charge is 2.29. The summed E-state index contributed by atoms with van der Waals surface area (Å²) in [5.41, 5.74) is 1.62. The number of amides is 1. The van der Waals surface area contributed by atoms with E-state index in [-0.39, 0.29) is 12.3 Å². The quantitative estimate of drug-likeness (QED) is 0.853. The van der Waals surface area contributed by atoms with Crippen molar-refractivity contribution < 1.29 is 18.0 Å². The van der Waals surface area contributed by atoms with Crippen LogP contribution in [0, 0.1) is 6.92 Å². The average molecular weight is 322 g/mol. The predicted octanol–water partition coefficient (Wildman–Crippen LogP) is 4.45. The van der Waals surface area contributed by atoms with Crippen LogP contribution >= 0.6 is 0 Å². The van der Waals surface area contributed by atoms with E-state index in [9.17, 15) is 18.0 Å². The molecule has 0 heterocycles. The maximum atomic E-state index is 12.4. The summed E-state index contributed by atoms with van der Waals surface area (Å²) in [6.07, 6.45) is -4.12. The van der Waals surface area contributed by atoms with E-state index in [1.807, 2.05) is 25.1 Å². The van der Waals surface area contributed by atoms with Crippen molar-refractivity contribution in [2.24, 2.45) is 0 Å². The van der Waals surface area contributed by atoms with Gasteiger partial charge in [-0.3, -0.25) is 4.79 Å². The van der Waals surface area contributed by atoms with E-state index in [4.69, 9.17) is 0 Å². The minimum Gasteiger partial charge on any atom is -0.385 e. The third-order valence-electron chi connectivity index (χ3n) is 3.20. The molecule has 0 saturated heterocycles. The summed E-state index contributed by atoms with van der Waals surface area (Å²) in [5, 5.41) is 5.69. The van der Waals surface area contributed by atoms with Gasteiger partial charge in [0.05, 0.1) is 5.56 Å². The van der Waals surface area contributed by atoms with Crippen LogP contribution in [0.4, 0.5) is 24.5 Å². The third kappa shape index (κ3) is 5.32. The third-order valence-corrected chi connectivity index (χ3v) is 3.20. The zero-order valence-electron chi connectivity index (χ0n) is 12.6. The van der Waals surface area contributed by atoms with E-state index >= 15 is 0 Å². The number of halogens is 3. The van der Waals surface area contributed by atoms with Gasteiger partial charge in [-0.05, 0) is 48.9 Å². The molecule has 0 saturated carbocycles. The number of hydrogen-bond donors (Lipinski definition) is 2. The Morgan fingerprint density at radius 3 is 2.35 bits per heavy atom. The van der Waals surface area contributed by atoms with Crippen LogP contribution in [0.2, 0.25) is 0 Å². The van der Waals surface area contributed by atoms with E-state index in [2.05, 4.69) is 10.6 Å². The van der Waals surface area contributed by atoms with Gasteiger partial charge in [0, 0.05) is 24.3 Å². The molecule has 2 N–H and O–H groups in total. The van der Waals surface area contributed by atoms with Crippen LogP contribution in [0.25, 0.3) is 0 Å². The zero-order valence-corrected chi connectivity index (χ0v) is 12.6. The molecule has 2 aromatic rings. The number of aryl methyl sites for hydroxylation is 1. The Kier molecular flexibility index (Phi) is 5.26. The minimum atomic E-state index is -4.34. The van der Waals surface area contributed by atoms with Crippen LogP contribution in [0.3, 0.4) is 0 Å². The minimum absolute atomic E-state index is 0.157. The Morgan fingerprint density at radius 2 is 1.74 bits per heavy atom. The number of anilines is 2. The predicted molar refractivity (Wildman–Crippen MR) is 84.4 cm³/mol. The monoisotopic (exact) mass is 322 g/mol. The van der Waals surface area contributed by atoms with Crippen molar-refractivity contribution in [2.75, 3.05) is 17.2 Å². The number of nitrogens with one attached hydrogen (secondary N) is 2. The van der Waals surface area contributed by atoms with Gasteiger partial charge in [0.2, 0.25) is 5.91 Å². The molecule has 1 amide bonds. The lowest BCUT2D eigenvalue weighted by atomic mass is 10.2. The number of benzene rings is 2. The maximum absolute atomic E-state index is 12.4. The molecule has 6 heteroatoms. The van der Waals surface area contributed by atoms with Crippen molar-refractivity contribution in [3.63, 3.8) is 0 Å². The average Bonchev–Trinajstić information content (AvgIpc) is 2.47. The molecule has 2 aromatic carbocycles. The van der Waals surface area contributed by atoms with E-state index in [1.165, 1.54) is 12.1 Å². The van der Waals surface area contributed by atoms with Gasteiger partial charge >= 0.3 is 6.18 Å². The molecular formula is C17H17F3N2O. The lowest BCUT2D eigenvalue weighted by Crippen LogP contribution is -2.16. The molecule has 0 spiro atoms. The molecule has 0 aliphatic carbocycles. The smallest absolute Gasteiger partial charge is 0.385 e. The molecule has 0 atom stereocenters. The molecular weight excluding hydrogens is 305 g/mol. The number of carbonyl (C=O) groups is 1. The largest absolute Gasteiger partial charge is 0.416 e. The standard InChI is InChI=1S/C17H17F3N2O/c1-12-3-2-4-15(11-12)22-16(23)9-10-21-14-7-5-13(6-8-14)17(18,19)20/h2-8,11,21H,9-10H2,1H3,(H,22,23). The number of rotatable bonds is 5. The van der Waals surface area contributed by atoms with Gasteiger partial charge in [0.15, 0.2) is 0 Å². The molecule has 0 aliphatic heterocycles. The summed E-state index contributed by atoms with van der Waals surface area (Å²) in [7, 11) is 0. The first-order valence-electron chi connectivity index (χ1n) is 7.12. The van der Waals surface area contributed by atoms with Crippen LogP contribution in [0.15, 0.2) is 48.5 Å². The van der Waals surface area contributed by atoms with Crippen LogP contribution in [0.5, 0.6) is 0 Å². The van der Waals surface area contributed by atoms with E-state index < -0.39 is 11.7 Å². The topological polar surface area (TPSA) is 41.1 Å². The number of carbonyl (C=O) groups excluding carboxylic acids is 1. The normalized spacial score (nSPS) is 11.1. The Labute approximate surface area is 132 Å². The van der Waals surface area contributed by atoms with Crippen LogP contribution < -0.4 is 10.6 Å². The molecule has 2 rings (SSSR count). The second-order valence-corrected chi connectivity index (χ2v) is 5.17. The highest BCUT2D eigenvalue weighted by atomic mass is 19.4. The molecule has 122 valence electrons. The summed E-state index contributed by atoms with van der Waals surface area (Å²) in [4.78, 5) is 11.8. The summed E-state index contributed by atoms with van der Waals surface area (Å²) in [5.74, 6) is -0.157. The molecule has 3 nitrogen and oxygen atoms in total. The summed E-state index contributed by atoms with van der Waals surface area (Å²) in [6, 6.07) is 12.2. The summed E-state index contributed by atoms with van der Waals surface area (Å²) in [6.45, 7) is 2.27. The van der Waals surface area contributed by atoms with Crippen LogP contribution in [0.1, 0.15) is 17.5 Å². The summed E-state index contributed by atoms with van der Waals surface area (Å²) >= 11 is 0. The van der Waals surface area contributed by atoms with E-state index in [0.29, 0.717) is 12.2 Å². The molecule has 0 bridgehead atoms. The molecule has 0 fully saturated rings. The Bertz CT molecular complexity index is 666. The first-order chi connectivity index (χ1) is 10.8. The van der Waals surface area contributed by atoms with Gasteiger partial charge in [-0.1, -0.05) is 12.1 Å². The van der Waals surface area contributed by atoms with E-state index in [0.717, 1.165) is 23.4 Å². The van der Waals surface area contributed by atoms with Crippen LogP contribution in [-0.4, -0.2) is 12.5 Å². The number of alkyl halides is 3. The van der Waals surface area contributed by atoms with Crippen molar-refractivity contribution in [2.45, 2.75) is 19.5 Å². The zero-order chi connectivity index (χ0) is 16.9. The maximum Gasteiger partial charge on any atom is 0.416 e.